The minimum absolute atomic E-state index is 0.111. The molecule has 9 nitrogen and oxygen atoms in total. The van der Waals surface area contributed by atoms with Gasteiger partial charge in [-0.25, -0.2) is 14.8 Å². The Morgan fingerprint density at radius 3 is 2.53 bits per heavy atom. The summed E-state index contributed by atoms with van der Waals surface area (Å²) in [6, 6.07) is 8.54. The maximum atomic E-state index is 14.2. The van der Waals surface area contributed by atoms with E-state index in [4.69, 9.17) is 9.15 Å². The zero-order chi connectivity index (χ0) is 26.5. The molecule has 13 heteroatoms. The number of benzene rings is 1. The Morgan fingerprint density at radius 2 is 1.82 bits per heavy atom. The highest BCUT2D eigenvalue weighted by Gasteiger charge is 2.31. The standard InChI is InChI=1S/C25H21F4N7O2/c26-22-14-31-24(34-23(22)36-4-7-37-8-5-36)35-32-13-19-1-2-20(12-30-19)33-21-10-17(16-3-6-38-15-16)9-18(11-21)25(27,28)29/h1-3,6,9-15,33H,4-5,7-8H2,(H,31,34,35)/b32-13+. The van der Waals surface area contributed by atoms with Gasteiger partial charge in [-0.05, 0) is 42.0 Å². The lowest BCUT2D eigenvalue weighted by Crippen LogP contribution is -2.37. The van der Waals surface area contributed by atoms with Gasteiger partial charge >= 0.3 is 6.18 Å². The zero-order valence-electron chi connectivity index (χ0n) is 19.7. The van der Waals surface area contributed by atoms with Gasteiger partial charge < -0.3 is 19.4 Å². The minimum Gasteiger partial charge on any atom is -0.472 e. The first-order chi connectivity index (χ1) is 18.3. The fourth-order valence-electron chi connectivity index (χ4n) is 3.75. The van der Waals surface area contributed by atoms with Crippen LogP contribution < -0.4 is 15.6 Å². The number of hydrogen-bond acceptors (Lipinski definition) is 9. The van der Waals surface area contributed by atoms with Crippen molar-refractivity contribution in [2.45, 2.75) is 6.18 Å². The van der Waals surface area contributed by atoms with Crippen LogP contribution in [0.5, 0.6) is 0 Å². The van der Waals surface area contributed by atoms with E-state index in [1.807, 2.05) is 0 Å². The van der Waals surface area contributed by atoms with Crippen molar-refractivity contribution in [1.29, 1.82) is 0 Å². The quantitative estimate of drug-likeness (QED) is 0.189. The second kappa shape index (κ2) is 10.8. The van der Waals surface area contributed by atoms with Crippen molar-refractivity contribution in [3.05, 3.63) is 78.4 Å². The topological polar surface area (TPSA) is 101 Å². The Kier molecular flexibility index (Phi) is 7.18. The number of rotatable bonds is 7. The van der Waals surface area contributed by atoms with Gasteiger partial charge in [-0.1, -0.05) is 0 Å². The number of nitrogens with one attached hydrogen (secondary N) is 2. The van der Waals surface area contributed by atoms with Crippen LogP contribution in [0, 0.1) is 5.82 Å². The van der Waals surface area contributed by atoms with Crippen molar-refractivity contribution in [3.63, 3.8) is 0 Å². The summed E-state index contributed by atoms with van der Waals surface area (Å²) in [5, 5.41) is 6.99. The first-order valence-electron chi connectivity index (χ1n) is 11.5. The number of nitrogens with zero attached hydrogens (tertiary/aromatic N) is 5. The van der Waals surface area contributed by atoms with E-state index in [-0.39, 0.29) is 17.5 Å². The predicted molar refractivity (Wildman–Crippen MR) is 133 cm³/mol. The van der Waals surface area contributed by atoms with Gasteiger partial charge in [0.1, 0.15) is 0 Å². The van der Waals surface area contributed by atoms with E-state index in [0.29, 0.717) is 48.8 Å². The van der Waals surface area contributed by atoms with Gasteiger partial charge in [0.05, 0.1) is 61.3 Å². The number of aromatic nitrogens is 3. The molecule has 1 saturated heterocycles. The van der Waals surface area contributed by atoms with Crippen LogP contribution in [0.25, 0.3) is 11.1 Å². The highest BCUT2D eigenvalue weighted by molar-refractivity contribution is 5.78. The van der Waals surface area contributed by atoms with E-state index < -0.39 is 17.6 Å². The SMILES string of the molecule is Fc1cnc(N/N=C/c2ccc(Nc3cc(-c4ccoc4)cc(C(F)(F)F)c3)cn2)nc1N1CCOCC1. The smallest absolute Gasteiger partial charge is 0.416 e. The first kappa shape index (κ1) is 25.1. The summed E-state index contributed by atoms with van der Waals surface area (Å²) in [5.41, 5.74) is 3.92. The van der Waals surface area contributed by atoms with Crippen LogP contribution in [-0.2, 0) is 10.9 Å². The van der Waals surface area contributed by atoms with Crippen molar-refractivity contribution >= 4 is 29.4 Å². The molecule has 4 aromatic rings. The fraction of sp³-hybridized carbons (Fsp3) is 0.200. The van der Waals surface area contributed by atoms with E-state index in [1.165, 1.54) is 24.9 Å². The number of hydrazone groups is 1. The normalized spacial score (nSPS) is 14.2. The van der Waals surface area contributed by atoms with Crippen LogP contribution in [0.15, 0.2) is 70.8 Å². The molecule has 0 spiro atoms. The van der Waals surface area contributed by atoms with Crippen molar-refractivity contribution in [2.24, 2.45) is 5.10 Å². The molecule has 5 rings (SSSR count). The summed E-state index contributed by atoms with van der Waals surface area (Å²) in [6.07, 6.45) is 2.20. The lowest BCUT2D eigenvalue weighted by Gasteiger charge is -2.27. The molecule has 1 fully saturated rings. The molecule has 0 radical (unpaired) electrons. The molecule has 38 heavy (non-hydrogen) atoms. The summed E-state index contributed by atoms with van der Waals surface area (Å²) in [7, 11) is 0. The number of halogens is 4. The average Bonchev–Trinajstić information content (AvgIpc) is 3.46. The summed E-state index contributed by atoms with van der Waals surface area (Å²) in [6.45, 7) is 2.01. The van der Waals surface area contributed by atoms with Crippen LogP contribution >= 0.6 is 0 Å². The fourth-order valence-corrected chi connectivity index (χ4v) is 3.75. The number of ether oxygens (including phenoxy) is 1. The average molecular weight is 527 g/mol. The highest BCUT2D eigenvalue weighted by atomic mass is 19.4. The molecule has 1 aliphatic rings. The van der Waals surface area contributed by atoms with E-state index in [0.717, 1.165) is 18.3 Å². The van der Waals surface area contributed by atoms with Gasteiger partial charge in [-0.15, -0.1) is 0 Å². The van der Waals surface area contributed by atoms with Crippen molar-refractivity contribution in [1.82, 2.24) is 15.0 Å². The Bertz CT molecular complexity index is 1400. The predicted octanol–water partition coefficient (Wildman–Crippen LogP) is 5.32. The summed E-state index contributed by atoms with van der Waals surface area (Å²) in [5.74, 6) is -0.260. The van der Waals surface area contributed by atoms with Gasteiger partial charge in [-0.2, -0.15) is 23.3 Å². The van der Waals surface area contributed by atoms with Gasteiger partial charge in [0.15, 0.2) is 11.6 Å². The number of anilines is 4. The number of hydrogen-bond donors (Lipinski definition) is 2. The van der Waals surface area contributed by atoms with E-state index in [2.05, 4.69) is 30.8 Å². The molecule has 4 heterocycles. The maximum Gasteiger partial charge on any atom is 0.416 e. The Hall–Kier alpha value is -4.52. The lowest BCUT2D eigenvalue weighted by molar-refractivity contribution is -0.137. The van der Waals surface area contributed by atoms with Crippen LogP contribution in [0.2, 0.25) is 0 Å². The molecule has 0 amide bonds. The monoisotopic (exact) mass is 527 g/mol. The summed E-state index contributed by atoms with van der Waals surface area (Å²) in [4.78, 5) is 14.1. The maximum absolute atomic E-state index is 14.2. The molecular weight excluding hydrogens is 506 g/mol. The Morgan fingerprint density at radius 1 is 0.974 bits per heavy atom. The van der Waals surface area contributed by atoms with E-state index >= 15 is 0 Å². The minimum atomic E-state index is -4.51. The number of alkyl halides is 3. The first-order valence-corrected chi connectivity index (χ1v) is 11.5. The molecule has 2 N–H and O–H groups in total. The van der Waals surface area contributed by atoms with E-state index in [1.54, 1.807) is 29.2 Å². The van der Waals surface area contributed by atoms with E-state index in [9.17, 15) is 17.6 Å². The molecule has 1 aromatic carbocycles. The van der Waals surface area contributed by atoms with Gasteiger partial charge in [0, 0.05) is 24.3 Å². The second-order valence-corrected chi connectivity index (χ2v) is 8.24. The van der Waals surface area contributed by atoms with Gasteiger partial charge in [0.25, 0.3) is 0 Å². The van der Waals surface area contributed by atoms with Crippen LogP contribution in [0.3, 0.4) is 0 Å². The third kappa shape index (κ3) is 6.06. The third-order valence-corrected chi connectivity index (χ3v) is 5.59. The molecule has 0 bridgehead atoms. The molecule has 0 unspecified atom stereocenters. The molecular formula is C25H21F4N7O2. The second-order valence-electron chi connectivity index (χ2n) is 8.24. The number of pyridine rings is 1. The van der Waals surface area contributed by atoms with Gasteiger partial charge in [-0.3, -0.25) is 4.98 Å². The largest absolute Gasteiger partial charge is 0.472 e. The van der Waals surface area contributed by atoms with Crippen LogP contribution in [0.4, 0.5) is 40.7 Å². The third-order valence-electron chi connectivity index (χ3n) is 5.59. The lowest BCUT2D eigenvalue weighted by atomic mass is 10.0. The highest BCUT2D eigenvalue weighted by Crippen LogP contribution is 2.35. The van der Waals surface area contributed by atoms with Crippen LogP contribution in [0.1, 0.15) is 11.3 Å². The molecule has 196 valence electrons. The zero-order valence-corrected chi connectivity index (χ0v) is 19.7. The van der Waals surface area contributed by atoms with Crippen molar-refractivity contribution in [3.8, 4) is 11.1 Å². The van der Waals surface area contributed by atoms with Crippen molar-refractivity contribution < 1.29 is 26.7 Å². The Labute approximate surface area is 214 Å². The molecule has 0 saturated carbocycles. The molecule has 0 atom stereocenters. The summed E-state index contributed by atoms with van der Waals surface area (Å²) >= 11 is 0. The van der Waals surface area contributed by atoms with Crippen molar-refractivity contribution in [2.75, 3.05) is 41.9 Å². The molecule has 3 aromatic heterocycles. The van der Waals surface area contributed by atoms with Gasteiger partial charge in [0.2, 0.25) is 5.95 Å². The number of morpholine rings is 1. The molecule has 0 aliphatic carbocycles. The Balaban J connectivity index is 1.26. The summed E-state index contributed by atoms with van der Waals surface area (Å²) < 4.78 is 64.8. The molecule has 1 aliphatic heterocycles. The van der Waals surface area contributed by atoms with Crippen LogP contribution in [-0.4, -0.2) is 47.5 Å². The number of furan rings is 1.